The van der Waals surface area contributed by atoms with E-state index >= 15 is 0 Å². The minimum atomic E-state index is 0.405. The molecule has 0 spiro atoms. The Hall–Kier alpha value is -1.64. The van der Waals surface area contributed by atoms with Gasteiger partial charge in [0, 0.05) is 31.6 Å². The van der Waals surface area contributed by atoms with Crippen LogP contribution in [-0.4, -0.2) is 25.7 Å². The molecule has 4 aliphatic carbocycles. The van der Waals surface area contributed by atoms with Crippen molar-refractivity contribution in [2.24, 2.45) is 23.2 Å². The zero-order chi connectivity index (χ0) is 20.4. The molecule has 2 aromatic rings. The fourth-order valence-electron chi connectivity index (χ4n) is 7.21. The molecule has 2 aromatic carbocycles. The molecule has 4 bridgehead atoms. The summed E-state index contributed by atoms with van der Waals surface area (Å²) in [7, 11) is 0. The third kappa shape index (κ3) is 4.50. The highest BCUT2D eigenvalue weighted by molar-refractivity contribution is 5.32. The van der Waals surface area contributed by atoms with Crippen LogP contribution in [0.2, 0.25) is 0 Å². The molecule has 4 fully saturated rings. The van der Waals surface area contributed by atoms with Crippen LogP contribution in [0.25, 0.3) is 0 Å². The Morgan fingerprint density at radius 1 is 0.767 bits per heavy atom. The maximum atomic E-state index is 3.93. The van der Waals surface area contributed by atoms with Gasteiger partial charge in [-0.25, -0.2) is 0 Å². The Labute approximate surface area is 182 Å². The maximum absolute atomic E-state index is 3.93. The fraction of sp³-hybridized carbons (Fsp3) is 0.571. The predicted molar refractivity (Wildman–Crippen MR) is 126 cm³/mol. The van der Waals surface area contributed by atoms with Crippen LogP contribution in [0.4, 0.5) is 0 Å². The molecule has 30 heavy (non-hydrogen) atoms. The predicted octanol–water partition coefficient (Wildman–Crippen LogP) is 5.60. The summed E-state index contributed by atoms with van der Waals surface area (Å²) in [5.74, 6) is 3.54. The van der Waals surface area contributed by atoms with Crippen LogP contribution in [-0.2, 0) is 0 Å². The van der Waals surface area contributed by atoms with Gasteiger partial charge >= 0.3 is 0 Å². The van der Waals surface area contributed by atoms with E-state index in [0.29, 0.717) is 17.4 Å². The molecule has 0 amide bonds. The van der Waals surface area contributed by atoms with Crippen molar-refractivity contribution >= 4 is 0 Å². The number of hydrogen-bond donors (Lipinski definition) is 2. The average molecular weight is 403 g/mol. The molecule has 0 heterocycles. The monoisotopic (exact) mass is 402 g/mol. The Kier molecular flexibility index (Phi) is 5.98. The molecule has 2 N–H and O–H groups in total. The SMILES string of the molecule is CC(CNCC(c1ccccc1)c1ccccc1)NCC12CC3CC(CC(C3)C1)C2. The molecule has 4 aliphatic rings. The van der Waals surface area contributed by atoms with Gasteiger partial charge in [-0.15, -0.1) is 0 Å². The van der Waals surface area contributed by atoms with E-state index in [1.54, 1.807) is 0 Å². The van der Waals surface area contributed by atoms with Crippen LogP contribution >= 0.6 is 0 Å². The first kappa shape index (κ1) is 20.3. The zero-order valence-electron chi connectivity index (χ0n) is 18.5. The molecule has 0 aliphatic heterocycles. The van der Waals surface area contributed by atoms with Gasteiger partial charge in [0.05, 0.1) is 0 Å². The molecule has 0 saturated heterocycles. The topological polar surface area (TPSA) is 24.1 Å². The first-order valence-corrected chi connectivity index (χ1v) is 12.2. The third-order valence-electron chi connectivity index (χ3n) is 8.19. The highest BCUT2D eigenvalue weighted by Gasteiger charge is 2.50. The normalized spacial score (nSPS) is 30.7. The Morgan fingerprint density at radius 2 is 1.27 bits per heavy atom. The number of benzene rings is 2. The second kappa shape index (κ2) is 8.85. The van der Waals surface area contributed by atoms with Crippen LogP contribution in [0.1, 0.15) is 62.5 Å². The van der Waals surface area contributed by atoms with E-state index in [4.69, 9.17) is 0 Å². The third-order valence-corrected chi connectivity index (χ3v) is 8.19. The number of rotatable bonds is 9. The van der Waals surface area contributed by atoms with Crippen molar-refractivity contribution in [3.8, 4) is 0 Å². The first-order valence-electron chi connectivity index (χ1n) is 12.2. The second-order valence-corrected chi connectivity index (χ2v) is 10.7. The van der Waals surface area contributed by atoms with Gasteiger partial charge in [0.1, 0.15) is 0 Å². The smallest absolute Gasteiger partial charge is 0.0214 e. The number of nitrogens with one attached hydrogen (secondary N) is 2. The molecule has 0 aromatic heterocycles. The van der Waals surface area contributed by atoms with E-state index in [1.165, 1.54) is 56.2 Å². The minimum absolute atomic E-state index is 0.405. The van der Waals surface area contributed by atoms with E-state index in [2.05, 4.69) is 78.2 Å². The summed E-state index contributed by atoms with van der Waals surface area (Å²) in [6.07, 6.45) is 9.10. The molecule has 1 atom stereocenters. The van der Waals surface area contributed by atoms with E-state index < -0.39 is 0 Å². The van der Waals surface area contributed by atoms with Gasteiger partial charge in [0.2, 0.25) is 0 Å². The molecule has 160 valence electrons. The van der Waals surface area contributed by atoms with Gasteiger partial charge in [-0.05, 0) is 79.7 Å². The molecule has 1 unspecified atom stereocenters. The van der Waals surface area contributed by atoms with Crippen LogP contribution < -0.4 is 10.6 Å². The number of hydrogen-bond acceptors (Lipinski definition) is 2. The minimum Gasteiger partial charge on any atom is -0.314 e. The van der Waals surface area contributed by atoms with E-state index in [9.17, 15) is 0 Å². The van der Waals surface area contributed by atoms with Crippen molar-refractivity contribution in [3.05, 3.63) is 71.8 Å². The Morgan fingerprint density at radius 3 is 1.77 bits per heavy atom. The maximum Gasteiger partial charge on any atom is 0.0214 e. The molecule has 6 rings (SSSR count). The van der Waals surface area contributed by atoms with Gasteiger partial charge < -0.3 is 10.6 Å². The lowest BCUT2D eigenvalue weighted by molar-refractivity contribution is -0.0522. The van der Waals surface area contributed by atoms with Gasteiger partial charge in [-0.1, -0.05) is 60.7 Å². The van der Waals surface area contributed by atoms with Crippen molar-refractivity contribution in [2.75, 3.05) is 19.6 Å². The van der Waals surface area contributed by atoms with Gasteiger partial charge in [-0.3, -0.25) is 0 Å². The lowest BCUT2D eigenvalue weighted by atomic mass is 9.49. The van der Waals surface area contributed by atoms with Crippen molar-refractivity contribution in [3.63, 3.8) is 0 Å². The first-order chi connectivity index (χ1) is 14.7. The highest BCUT2D eigenvalue weighted by atomic mass is 15.0. The summed E-state index contributed by atoms with van der Waals surface area (Å²) in [4.78, 5) is 0. The van der Waals surface area contributed by atoms with E-state index in [-0.39, 0.29) is 0 Å². The quantitative estimate of drug-likeness (QED) is 0.570. The van der Waals surface area contributed by atoms with Crippen LogP contribution in [0, 0.1) is 23.2 Å². The Bertz CT molecular complexity index is 725. The fourth-order valence-corrected chi connectivity index (χ4v) is 7.21. The van der Waals surface area contributed by atoms with E-state index in [1.807, 2.05) is 0 Å². The highest BCUT2D eigenvalue weighted by Crippen LogP contribution is 2.59. The summed E-state index contributed by atoms with van der Waals surface area (Å²) < 4.78 is 0. The molecule has 2 nitrogen and oxygen atoms in total. The summed E-state index contributed by atoms with van der Waals surface area (Å²) in [6, 6.07) is 22.4. The Balaban J connectivity index is 1.14. The summed E-state index contributed by atoms with van der Waals surface area (Å²) in [5, 5.41) is 7.71. The summed E-state index contributed by atoms with van der Waals surface area (Å²) in [6.45, 7) is 5.60. The second-order valence-electron chi connectivity index (χ2n) is 10.7. The molecule has 2 heteroatoms. The summed E-state index contributed by atoms with van der Waals surface area (Å²) in [5.41, 5.74) is 3.41. The van der Waals surface area contributed by atoms with Crippen molar-refractivity contribution < 1.29 is 0 Å². The van der Waals surface area contributed by atoms with Crippen molar-refractivity contribution in [2.45, 2.75) is 57.4 Å². The lowest BCUT2D eigenvalue weighted by Crippen LogP contribution is -2.52. The lowest BCUT2D eigenvalue weighted by Gasteiger charge is -2.57. The van der Waals surface area contributed by atoms with Crippen LogP contribution in [0.5, 0.6) is 0 Å². The molecule has 4 saturated carbocycles. The van der Waals surface area contributed by atoms with Crippen LogP contribution in [0.15, 0.2) is 60.7 Å². The van der Waals surface area contributed by atoms with Crippen molar-refractivity contribution in [1.82, 2.24) is 10.6 Å². The molecule has 0 radical (unpaired) electrons. The molecular formula is C28H38N2. The summed E-state index contributed by atoms with van der Waals surface area (Å²) >= 11 is 0. The molecular weight excluding hydrogens is 364 g/mol. The van der Waals surface area contributed by atoms with E-state index in [0.717, 1.165) is 30.8 Å². The largest absolute Gasteiger partial charge is 0.314 e. The van der Waals surface area contributed by atoms with Crippen molar-refractivity contribution in [1.29, 1.82) is 0 Å². The standard InChI is InChI=1S/C28H38N2/c1-21(30-20-28-15-22-12-23(16-28)14-24(13-22)17-28)18-29-19-27(25-8-4-2-5-9-25)26-10-6-3-7-11-26/h2-11,21-24,27,29-30H,12-20H2,1H3. The van der Waals surface area contributed by atoms with Gasteiger partial charge in [-0.2, -0.15) is 0 Å². The average Bonchev–Trinajstić information content (AvgIpc) is 2.76. The van der Waals surface area contributed by atoms with Crippen LogP contribution in [0.3, 0.4) is 0 Å². The zero-order valence-corrected chi connectivity index (χ0v) is 18.5. The van der Waals surface area contributed by atoms with Gasteiger partial charge in [0.25, 0.3) is 0 Å². The van der Waals surface area contributed by atoms with Gasteiger partial charge in [0.15, 0.2) is 0 Å².